The zero-order valence-electron chi connectivity index (χ0n) is 4.24. The van der Waals surface area contributed by atoms with Crippen molar-refractivity contribution in [2.75, 3.05) is 6.54 Å². The summed E-state index contributed by atoms with van der Waals surface area (Å²) in [5.41, 5.74) is 4.87. The Morgan fingerprint density at radius 3 is 2.12 bits per heavy atom. The van der Waals surface area contributed by atoms with E-state index in [9.17, 15) is 4.57 Å². The lowest BCUT2D eigenvalue weighted by molar-refractivity contribution is 0.381. The Morgan fingerprint density at radius 1 is 1.75 bits per heavy atom. The summed E-state index contributed by atoms with van der Waals surface area (Å²) in [5.74, 6) is 0. The van der Waals surface area contributed by atoms with Gasteiger partial charge in [0.15, 0.2) is 0 Å². The van der Waals surface area contributed by atoms with Crippen molar-refractivity contribution in [2.24, 2.45) is 5.73 Å². The van der Waals surface area contributed by atoms with Crippen LogP contribution in [0.4, 0.5) is 0 Å². The highest BCUT2D eigenvalue weighted by Crippen LogP contribution is 2.42. The summed E-state index contributed by atoms with van der Waals surface area (Å²) in [6.45, 7) is 2.89. The van der Waals surface area contributed by atoms with E-state index in [1.54, 1.807) is 0 Å². The van der Waals surface area contributed by atoms with Gasteiger partial charge in [0.25, 0.3) is 0 Å². The average molecular weight is 137 g/mol. The lowest BCUT2D eigenvalue weighted by Crippen LogP contribution is -2.01. The van der Waals surface area contributed by atoms with E-state index in [2.05, 4.69) is 6.58 Å². The zero-order chi connectivity index (χ0) is 6.78. The minimum atomic E-state index is -4.08. The normalized spacial score (nSPS) is 11.4. The van der Waals surface area contributed by atoms with Gasteiger partial charge in [-0.3, -0.25) is 4.57 Å². The topological polar surface area (TPSA) is 83.6 Å². The number of hydrogen-bond acceptors (Lipinski definition) is 2. The third kappa shape index (κ3) is 2.23. The summed E-state index contributed by atoms with van der Waals surface area (Å²) in [6.07, 6.45) is 0. The molecule has 0 spiro atoms. The first-order valence-corrected chi connectivity index (χ1v) is 3.53. The molecule has 4 N–H and O–H groups in total. The number of nitrogens with two attached hydrogens (primary N) is 1. The van der Waals surface area contributed by atoms with E-state index in [-0.39, 0.29) is 11.9 Å². The maximum absolute atomic E-state index is 10.1. The van der Waals surface area contributed by atoms with Crippen molar-refractivity contribution in [1.82, 2.24) is 0 Å². The third-order valence-corrected chi connectivity index (χ3v) is 1.65. The molecule has 0 saturated carbocycles. The van der Waals surface area contributed by atoms with Crippen molar-refractivity contribution >= 4 is 7.60 Å². The molecule has 0 aliphatic carbocycles. The van der Waals surface area contributed by atoms with Crippen LogP contribution in [0.1, 0.15) is 0 Å². The zero-order valence-corrected chi connectivity index (χ0v) is 5.14. The fourth-order valence-corrected chi connectivity index (χ4v) is 0.357. The van der Waals surface area contributed by atoms with Gasteiger partial charge in [-0.25, -0.2) is 0 Å². The summed E-state index contributed by atoms with van der Waals surface area (Å²) in [7, 11) is -4.08. The molecule has 0 rings (SSSR count). The molecule has 0 aliphatic heterocycles. The van der Waals surface area contributed by atoms with E-state index in [0.717, 1.165) is 0 Å². The first kappa shape index (κ1) is 7.85. The highest BCUT2D eigenvalue weighted by molar-refractivity contribution is 7.56. The van der Waals surface area contributed by atoms with Gasteiger partial charge in [-0.15, -0.1) is 0 Å². The Bertz CT molecular complexity index is 137. The lowest BCUT2D eigenvalue weighted by Gasteiger charge is -2.01. The van der Waals surface area contributed by atoms with Crippen LogP contribution in [0.15, 0.2) is 11.9 Å². The predicted molar refractivity (Wildman–Crippen MR) is 30.2 cm³/mol. The molecule has 0 amide bonds. The van der Waals surface area contributed by atoms with Crippen LogP contribution in [0.2, 0.25) is 0 Å². The molecule has 0 aromatic carbocycles. The van der Waals surface area contributed by atoms with Crippen LogP contribution in [0, 0.1) is 0 Å². The predicted octanol–water partition coefficient (Wildman–Crippen LogP) is -0.363. The van der Waals surface area contributed by atoms with E-state index < -0.39 is 7.60 Å². The number of hydrogen-bond donors (Lipinski definition) is 3. The smallest absolute Gasteiger partial charge is 0.326 e. The van der Waals surface area contributed by atoms with Gasteiger partial charge in [0.05, 0.1) is 0 Å². The van der Waals surface area contributed by atoms with E-state index in [0.29, 0.717) is 0 Å². The highest BCUT2D eigenvalue weighted by atomic mass is 31.2. The maximum Gasteiger partial charge on any atom is 0.352 e. The van der Waals surface area contributed by atoms with E-state index in [1.165, 1.54) is 0 Å². The molecular weight excluding hydrogens is 129 g/mol. The van der Waals surface area contributed by atoms with Gasteiger partial charge < -0.3 is 15.5 Å². The number of rotatable bonds is 2. The van der Waals surface area contributed by atoms with Crippen LogP contribution in [0.25, 0.3) is 0 Å². The SMILES string of the molecule is C=C(CN)P(=O)(O)O. The van der Waals surface area contributed by atoms with Crippen molar-refractivity contribution in [3.63, 3.8) is 0 Å². The summed E-state index contributed by atoms with van der Waals surface area (Å²) in [6, 6.07) is 0. The van der Waals surface area contributed by atoms with Gasteiger partial charge in [-0.05, 0) is 0 Å². The molecule has 48 valence electrons. The van der Waals surface area contributed by atoms with Gasteiger partial charge in [0, 0.05) is 11.9 Å². The Kier molecular flexibility index (Phi) is 2.37. The average Bonchev–Trinajstić information content (AvgIpc) is 1.62. The van der Waals surface area contributed by atoms with E-state index in [1.807, 2.05) is 0 Å². The molecule has 0 fully saturated rings. The van der Waals surface area contributed by atoms with Gasteiger partial charge >= 0.3 is 7.60 Å². The minimum absolute atomic E-state index is 0.162. The monoisotopic (exact) mass is 137 g/mol. The molecule has 0 aromatic rings. The molecule has 0 unspecified atom stereocenters. The molecule has 0 aliphatic rings. The molecule has 0 heterocycles. The first-order valence-electron chi connectivity index (χ1n) is 1.92. The maximum atomic E-state index is 10.1. The molecule has 5 heteroatoms. The summed E-state index contributed by atoms with van der Waals surface area (Å²) < 4.78 is 10.1. The van der Waals surface area contributed by atoms with Crippen molar-refractivity contribution in [1.29, 1.82) is 0 Å². The van der Waals surface area contributed by atoms with Crippen molar-refractivity contribution < 1.29 is 14.4 Å². The molecule has 0 saturated heterocycles. The molecule has 4 nitrogen and oxygen atoms in total. The van der Waals surface area contributed by atoms with E-state index >= 15 is 0 Å². The van der Waals surface area contributed by atoms with Crippen molar-refractivity contribution in [3.05, 3.63) is 11.9 Å². The Morgan fingerprint density at radius 2 is 2.12 bits per heavy atom. The molecule has 0 radical (unpaired) electrons. The van der Waals surface area contributed by atoms with E-state index in [4.69, 9.17) is 15.5 Å². The first-order chi connectivity index (χ1) is 3.48. The van der Waals surface area contributed by atoms with Gasteiger partial charge in [-0.1, -0.05) is 6.58 Å². The second-order valence-electron chi connectivity index (χ2n) is 1.31. The Hall–Kier alpha value is -0.150. The molecule has 0 aromatic heterocycles. The largest absolute Gasteiger partial charge is 0.352 e. The lowest BCUT2D eigenvalue weighted by atomic mass is 10.7. The standard InChI is InChI=1S/C3H8NO3P/c1-3(2-4)8(5,6)7/h1-2,4H2,(H2,5,6,7). The van der Waals surface area contributed by atoms with Crippen LogP contribution in [0.3, 0.4) is 0 Å². The van der Waals surface area contributed by atoms with Crippen LogP contribution < -0.4 is 5.73 Å². The Balaban J connectivity index is 4.04. The van der Waals surface area contributed by atoms with Gasteiger partial charge in [0.2, 0.25) is 0 Å². The molecule has 8 heavy (non-hydrogen) atoms. The molecule has 0 atom stereocenters. The van der Waals surface area contributed by atoms with Crippen molar-refractivity contribution in [2.45, 2.75) is 0 Å². The van der Waals surface area contributed by atoms with Gasteiger partial charge in [-0.2, -0.15) is 0 Å². The Labute approximate surface area is 47.2 Å². The molecule has 0 bridgehead atoms. The fourth-order valence-electron chi connectivity index (χ4n) is 0.119. The van der Waals surface area contributed by atoms with Crippen LogP contribution in [-0.2, 0) is 4.57 Å². The van der Waals surface area contributed by atoms with Crippen LogP contribution in [0.5, 0.6) is 0 Å². The van der Waals surface area contributed by atoms with Crippen molar-refractivity contribution in [3.8, 4) is 0 Å². The summed E-state index contributed by atoms with van der Waals surface area (Å²) >= 11 is 0. The molecular formula is C3H8NO3P. The minimum Gasteiger partial charge on any atom is -0.326 e. The fraction of sp³-hybridized carbons (Fsp3) is 0.333. The third-order valence-electron chi connectivity index (χ3n) is 0.648. The van der Waals surface area contributed by atoms with Crippen LogP contribution in [-0.4, -0.2) is 16.3 Å². The quantitative estimate of drug-likeness (QED) is 0.453. The second kappa shape index (κ2) is 2.42. The second-order valence-corrected chi connectivity index (χ2v) is 3.03. The highest BCUT2D eigenvalue weighted by Gasteiger charge is 2.15. The summed E-state index contributed by atoms with van der Waals surface area (Å²) in [4.78, 5) is 16.4. The van der Waals surface area contributed by atoms with Crippen LogP contribution >= 0.6 is 7.60 Å². The summed E-state index contributed by atoms with van der Waals surface area (Å²) in [5, 5.41) is -0.225. The van der Waals surface area contributed by atoms with Gasteiger partial charge in [0.1, 0.15) is 0 Å².